The maximum atomic E-state index is 12.0. The van der Waals surface area contributed by atoms with Crippen LogP contribution in [0.2, 0.25) is 0 Å². The number of nitrogens with zero attached hydrogens (tertiary/aromatic N) is 1. The summed E-state index contributed by atoms with van der Waals surface area (Å²) in [6.07, 6.45) is 1.97. The number of hydrogen-bond acceptors (Lipinski definition) is 2. The van der Waals surface area contributed by atoms with Crippen LogP contribution >= 0.6 is 0 Å². The quantitative estimate of drug-likeness (QED) is 0.829. The number of amides is 2. The van der Waals surface area contributed by atoms with Gasteiger partial charge in [0.15, 0.2) is 0 Å². The number of anilines is 1. The van der Waals surface area contributed by atoms with Gasteiger partial charge in [0.2, 0.25) is 12.3 Å². The Morgan fingerprint density at radius 1 is 1.50 bits per heavy atom. The van der Waals surface area contributed by atoms with Crippen molar-refractivity contribution in [2.45, 2.75) is 38.8 Å². The lowest BCUT2D eigenvalue weighted by molar-refractivity contribution is -0.118. The van der Waals surface area contributed by atoms with E-state index in [2.05, 4.69) is 5.32 Å². The van der Waals surface area contributed by atoms with Gasteiger partial charge in [0.1, 0.15) is 0 Å². The second kappa shape index (κ2) is 5.21. The zero-order chi connectivity index (χ0) is 13.1. The van der Waals surface area contributed by atoms with Crippen LogP contribution in [-0.4, -0.2) is 18.4 Å². The summed E-state index contributed by atoms with van der Waals surface area (Å²) in [5.41, 5.74) is 1.94. The minimum absolute atomic E-state index is 0.00499. The summed E-state index contributed by atoms with van der Waals surface area (Å²) in [6, 6.07) is 7.86. The third kappa shape index (κ3) is 2.10. The molecule has 4 heteroatoms. The molecular weight excluding hydrogens is 228 g/mol. The highest BCUT2D eigenvalue weighted by molar-refractivity contribution is 5.95. The van der Waals surface area contributed by atoms with Gasteiger partial charge < -0.3 is 10.2 Å². The SMILES string of the molecule is CCC(=O)N1c2ccccc2[C@H](NC=O)C[C@@H]1C. The van der Waals surface area contributed by atoms with Gasteiger partial charge in [-0.15, -0.1) is 0 Å². The highest BCUT2D eigenvalue weighted by atomic mass is 16.2. The summed E-state index contributed by atoms with van der Waals surface area (Å²) < 4.78 is 0. The Morgan fingerprint density at radius 2 is 2.22 bits per heavy atom. The van der Waals surface area contributed by atoms with Gasteiger partial charge in [0, 0.05) is 18.2 Å². The summed E-state index contributed by atoms with van der Waals surface area (Å²) in [6.45, 7) is 3.89. The van der Waals surface area contributed by atoms with Crippen molar-refractivity contribution >= 4 is 18.0 Å². The smallest absolute Gasteiger partial charge is 0.226 e. The fraction of sp³-hybridized carbons (Fsp3) is 0.429. The van der Waals surface area contributed by atoms with Gasteiger partial charge in [0.05, 0.1) is 6.04 Å². The summed E-state index contributed by atoms with van der Waals surface area (Å²) in [5, 5.41) is 2.83. The Morgan fingerprint density at radius 3 is 2.89 bits per heavy atom. The molecule has 1 aliphatic rings. The molecule has 1 aliphatic heterocycles. The Balaban J connectivity index is 2.44. The lowest BCUT2D eigenvalue weighted by atomic mass is 9.91. The average molecular weight is 246 g/mol. The molecule has 0 saturated heterocycles. The first kappa shape index (κ1) is 12.6. The number of carbonyl (C=O) groups excluding carboxylic acids is 2. The Hall–Kier alpha value is -1.84. The number of hydrogen-bond donors (Lipinski definition) is 1. The number of nitrogens with one attached hydrogen (secondary N) is 1. The fourth-order valence-corrected chi connectivity index (χ4v) is 2.60. The Labute approximate surface area is 107 Å². The highest BCUT2D eigenvalue weighted by Gasteiger charge is 2.32. The lowest BCUT2D eigenvalue weighted by Gasteiger charge is -2.39. The molecule has 0 fully saturated rings. The molecule has 0 spiro atoms. The van der Waals surface area contributed by atoms with E-state index in [0.29, 0.717) is 6.42 Å². The van der Waals surface area contributed by atoms with E-state index in [4.69, 9.17) is 0 Å². The maximum Gasteiger partial charge on any atom is 0.226 e. The number of para-hydroxylation sites is 1. The number of rotatable bonds is 3. The van der Waals surface area contributed by atoms with Crippen LogP contribution in [0.15, 0.2) is 24.3 Å². The van der Waals surface area contributed by atoms with Gasteiger partial charge in [-0.3, -0.25) is 9.59 Å². The molecule has 1 N–H and O–H groups in total. The van der Waals surface area contributed by atoms with Gasteiger partial charge in [-0.1, -0.05) is 25.1 Å². The molecule has 0 radical (unpaired) electrons. The highest BCUT2D eigenvalue weighted by Crippen LogP contribution is 2.36. The van der Waals surface area contributed by atoms with Crippen LogP contribution < -0.4 is 10.2 Å². The molecule has 2 rings (SSSR count). The predicted octanol–water partition coefficient (Wildman–Crippen LogP) is 2.01. The molecule has 0 aromatic heterocycles. The third-order valence-corrected chi connectivity index (χ3v) is 3.43. The molecule has 1 aromatic carbocycles. The van der Waals surface area contributed by atoms with Crippen LogP contribution in [0, 0.1) is 0 Å². The van der Waals surface area contributed by atoms with Crippen molar-refractivity contribution in [3.8, 4) is 0 Å². The first-order valence-electron chi connectivity index (χ1n) is 6.29. The van der Waals surface area contributed by atoms with Crippen molar-refractivity contribution in [3.05, 3.63) is 29.8 Å². The van der Waals surface area contributed by atoms with E-state index in [0.717, 1.165) is 24.1 Å². The minimum Gasteiger partial charge on any atom is -0.352 e. The lowest BCUT2D eigenvalue weighted by Crippen LogP contribution is -2.45. The molecule has 4 nitrogen and oxygen atoms in total. The van der Waals surface area contributed by atoms with Crippen molar-refractivity contribution in [3.63, 3.8) is 0 Å². The summed E-state index contributed by atoms with van der Waals surface area (Å²) in [7, 11) is 0. The second-order valence-corrected chi connectivity index (χ2v) is 4.60. The number of carbonyl (C=O) groups is 2. The van der Waals surface area contributed by atoms with Crippen LogP contribution in [0.1, 0.15) is 38.3 Å². The minimum atomic E-state index is -0.00499. The molecule has 96 valence electrons. The van der Waals surface area contributed by atoms with E-state index in [9.17, 15) is 9.59 Å². The second-order valence-electron chi connectivity index (χ2n) is 4.60. The van der Waals surface area contributed by atoms with Crippen LogP contribution in [0.25, 0.3) is 0 Å². The molecule has 2 atom stereocenters. The fourth-order valence-electron chi connectivity index (χ4n) is 2.60. The van der Waals surface area contributed by atoms with Crippen LogP contribution in [0.5, 0.6) is 0 Å². The Bertz CT molecular complexity index is 459. The molecule has 0 saturated carbocycles. The van der Waals surface area contributed by atoms with Crippen LogP contribution in [0.4, 0.5) is 5.69 Å². The molecule has 0 unspecified atom stereocenters. The zero-order valence-electron chi connectivity index (χ0n) is 10.7. The average Bonchev–Trinajstić information content (AvgIpc) is 2.38. The van der Waals surface area contributed by atoms with E-state index >= 15 is 0 Å². The van der Waals surface area contributed by atoms with Crippen molar-refractivity contribution in [1.29, 1.82) is 0 Å². The molecule has 2 amide bonds. The first-order chi connectivity index (χ1) is 8.69. The van der Waals surface area contributed by atoms with Gasteiger partial charge in [-0.2, -0.15) is 0 Å². The molecule has 1 aromatic rings. The monoisotopic (exact) mass is 246 g/mol. The van der Waals surface area contributed by atoms with Gasteiger partial charge in [-0.05, 0) is 25.0 Å². The van der Waals surface area contributed by atoms with Gasteiger partial charge >= 0.3 is 0 Å². The molecule has 0 aliphatic carbocycles. The summed E-state index contributed by atoms with van der Waals surface area (Å²) >= 11 is 0. The molecule has 0 bridgehead atoms. The van der Waals surface area contributed by atoms with Crippen molar-refractivity contribution in [1.82, 2.24) is 5.32 Å². The van der Waals surface area contributed by atoms with E-state index < -0.39 is 0 Å². The van der Waals surface area contributed by atoms with Gasteiger partial charge in [-0.25, -0.2) is 0 Å². The number of fused-ring (bicyclic) bond motifs is 1. The van der Waals surface area contributed by atoms with E-state index in [1.54, 1.807) is 0 Å². The predicted molar refractivity (Wildman–Crippen MR) is 70.2 cm³/mol. The summed E-state index contributed by atoms with van der Waals surface area (Å²) in [5.74, 6) is 0.125. The van der Waals surface area contributed by atoms with Crippen LogP contribution in [0.3, 0.4) is 0 Å². The largest absolute Gasteiger partial charge is 0.352 e. The Kier molecular flexibility index (Phi) is 3.65. The normalized spacial score (nSPS) is 22.2. The van der Waals surface area contributed by atoms with Crippen molar-refractivity contribution in [2.24, 2.45) is 0 Å². The van der Waals surface area contributed by atoms with E-state index in [1.807, 2.05) is 43.0 Å². The van der Waals surface area contributed by atoms with Gasteiger partial charge in [0.25, 0.3) is 0 Å². The van der Waals surface area contributed by atoms with Crippen molar-refractivity contribution in [2.75, 3.05) is 4.90 Å². The maximum absolute atomic E-state index is 12.0. The first-order valence-corrected chi connectivity index (χ1v) is 6.29. The summed E-state index contributed by atoms with van der Waals surface area (Å²) in [4.78, 5) is 24.6. The standard InChI is InChI=1S/C14H18N2O2/c1-3-14(18)16-10(2)8-12(15-9-17)11-6-4-5-7-13(11)16/h4-7,9-10,12H,3,8H2,1-2H3,(H,15,17)/t10-,12+/m0/s1. The molecular formula is C14H18N2O2. The van der Waals surface area contributed by atoms with Crippen molar-refractivity contribution < 1.29 is 9.59 Å². The topological polar surface area (TPSA) is 49.4 Å². The molecule has 1 heterocycles. The van der Waals surface area contributed by atoms with Crippen LogP contribution in [-0.2, 0) is 9.59 Å². The van der Waals surface area contributed by atoms with E-state index in [1.165, 1.54) is 0 Å². The third-order valence-electron chi connectivity index (χ3n) is 3.43. The number of benzene rings is 1. The molecule has 18 heavy (non-hydrogen) atoms. The zero-order valence-corrected chi connectivity index (χ0v) is 10.7. The van der Waals surface area contributed by atoms with E-state index in [-0.39, 0.29) is 18.0 Å².